The van der Waals surface area contributed by atoms with Crippen LogP contribution in [0.3, 0.4) is 0 Å². The lowest BCUT2D eigenvalue weighted by Gasteiger charge is -2.28. The summed E-state index contributed by atoms with van der Waals surface area (Å²) < 4.78 is 5.15. The molecule has 1 aromatic heterocycles. The third kappa shape index (κ3) is 5.94. The Kier molecular flexibility index (Phi) is 8.08. The summed E-state index contributed by atoms with van der Waals surface area (Å²) in [6.07, 6.45) is 6.04. The van der Waals surface area contributed by atoms with Gasteiger partial charge in [-0.2, -0.15) is 0 Å². The number of nitrogen functional groups attached to an aromatic ring is 1. The highest BCUT2D eigenvalue weighted by molar-refractivity contribution is 6.31. The second-order valence-corrected chi connectivity index (χ2v) is 8.31. The van der Waals surface area contributed by atoms with Crippen LogP contribution in [-0.4, -0.2) is 42.1 Å². The Balaban J connectivity index is 1.74. The van der Waals surface area contributed by atoms with Gasteiger partial charge >= 0.3 is 0 Å². The van der Waals surface area contributed by atoms with Gasteiger partial charge in [0.25, 0.3) is 0 Å². The van der Waals surface area contributed by atoms with E-state index in [4.69, 9.17) is 27.8 Å². The van der Waals surface area contributed by atoms with Gasteiger partial charge in [-0.15, -0.1) is 0 Å². The van der Waals surface area contributed by atoms with Crippen molar-refractivity contribution in [3.63, 3.8) is 0 Å². The molecule has 1 unspecified atom stereocenters. The van der Waals surface area contributed by atoms with Crippen molar-refractivity contribution >= 4 is 23.3 Å². The lowest BCUT2D eigenvalue weighted by Crippen LogP contribution is -2.41. The van der Waals surface area contributed by atoms with Crippen molar-refractivity contribution in [1.82, 2.24) is 9.88 Å². The highest BCUT2D eigenvalue weighted by Gasteiger charge is 2.36. The number of hydrogen-bond donors (Lipinski definition) is 2. The monoisotopic (exact) mass is 430 g/mol. The van der Waals surface area contributed by atoms with E-state index < -0.39 is 0 Å². The molecule has 1 heterocycles. The van der Waals surface area contributed by atoms with Crippen LogP contribution in [0.5, 0.6) is 0 Å². The highest BCUT2D eigenvalue weighted by Crippen LogP contribution is 2.32. The molecule has 0 aliphatic heterocycles. The van der Waals surface area contributed by atoms with Gasteiger partial charge in [0.05, 0.1) is 5.92 Å². The molecule has 1 atom stereocenters. The predicted octanol–water partition coefficient (Wildman–Crippen LogP) is 3.20. The number of nitrogens with zero attached hydrogens (tertiary/aromatic N) is 2. The molecular weight excluding hydrogens is 400 g/mol. The first-order chi connectivity index (χ1) is 14.5. The van der Waals surface area contributed by atoms with Crippen LogP contribution in [0.25, 0.3) is 0 Å². The fraction of sp³-hybridized carbons (Fsp3) is 0.478. The van der Waals surface area contributed by atoms with Crippen molar-refractivity contribution < 1.29 is 9.53 Å². The van der Waals surface area contributed by atoms with Crippen molar-refractivity contribution in [2.45, 2.75) is 44.7 Å². The summed E-state index contributed by atoms with van der Waals surface area (Å²) in [7, 11) is 1.71. The molecule has 6 nitrogen and oxygen atoms in total. The standard InChI is InChI=1S/C23H31ClN4O2/c1-30-11-3-4-16-6-9-21(24)19(12-16)15-28(20-7-8-20)23(29)18(14-25)13-17-5-2-10-27-22(17)26/h2,5-6,9-10,12,18,20H,3-4,7-8,11,13-15,25H2,1H3,(H2,26,27). The van der Waals surface area contributed by atoms with Gasteiger partial charge in [-0.05, 0) is 60.9 Å². The van der Waals surface area contributed by atoms with Crippen LogP contribution in [0.15, 0.2) is 36.5 Å². The molecule has 0 bridgehead atoms. The van der Waals surface area contributed by atoms with Crippen molar-refractivity contribution in [2.24, 2.45) is 11.7 Å². The lowest BCUT2D eigenvalue weighted by molar-refractivity contribution is -0.136. The molecule has 4 N–H and O–H groups in total. The Morgan fingerprint density at radius 2 is 2.13 bits per heavy atom. The van der Waals surface area contributed by atoms with E-state index in [9.17, 15) is 4.79 Å². The SMILES string of the molecule is COCCCc1ccc(Cl)c(CN(C(=O)C(CN)Cc2cccnc2N)C2CC2)c1. The molecule has 1 aliphatic rings. The van der Waals surface area contributed by atoms with Crippen LogP contribution < -0.4 is 11.5 Å². The van der Waals surface area contributed by atoms with Crippen LogP contribution in [0.4, 0.5) is 5.82 Å². The van der Waals surface area contributed by atoms with E-state index in [2.05, 4.69) is 11.1 Å². The Bertz CT molecular complexity index is 857. The average Bonchev–Trinajstić information content (AvgIpc) is 3.58. The Morgan fingerprint density at radius 1 is 1.33 bits per heavy atom. The van der Waals surface area contributed by atoms with Crippen molar-refractivity contribution in [1.29, 1.82) is 0 Å². The van der Waals surface area contributed by atoms with Crippen molar-refractivity contribution in [2.75, 3.05) is 26.0 Å². The van der Waals surface area contributed by atoms with Gasteiger partial charge in [0.15, 0.2) is 0 Å². The Morgan fingerprint density at radius 3 is 2.80 bits per heavy atom. The molecule has 3 rings (SSSR count). The number of halogens is 1. The minimum Gasteiger partial charge on any atom is -0.385 e. The Hall–Kier alpha value is -2.15. The van der Waals surface area contributed by atoms with E-state index in [0.29, 0.717) is 23.8 Å². The Labute approximate surface area is 183 Å². The summed E-state index contributed by atoms with van der Waals surface area (Å²) >= 11 is 6.48. The highest BCUT2D eigenvalue weighted by atomic mass is 35.5. The number of pyridine rings is 1. The molecule has 0 saturated heterocycles. The number of aromatic nitrogens is 1. The molecule has 162 valence electrons. The number of carbonyl (C=O) groups excluding carboxylic acids is 1. The minimum atomic E-state index is -0.333. The molecule has 1 amide bonds. The second kappa shape index (κ2) is 10.8. The lowest BCUT2D eigenvalue weighted by atomic mass is 9.97. The van der Waals surface area contributed by atoms with E-state index in [1.807, 2.05) is 29.2 Å². The van der Waals surface area contributed by atoms with Crippen molar-refractivity contribution in [3.8, 4) is 0 Å². The quantitative estimate of drug-likeness (QED) is 0.534. The number of anilines is 1. The number of aryl methyl sites for hydroxylation is 1. The van der Waals surface area contributed by atoms with Crippen LogP contribution in [0.1, 0.15) is 36.0 Å². The maximum atomic E-state index is 13.4. The van der Waals surface area contributed by atoms with E-state index in [1.54, 1.807) is 13.3 Å². The molecule has 1 fully saturated rings. The zero-order valence-electron chi connectivity index (χ0n) is 17.5. The van der Waals surface area contributed by atoms with Gasteiger partial charge in [-0.1, -0.05) is 29.8 Å². The summed E-state index contributed by atoms with van der Waals surface area (Å²) in [5.41, 5.74) is 15.0. The topological polar surface area (TPSA) is 94.5 Å². The molecule has 1 aromatic carbocycles. The van der Waals surface area contributed by atoms with Gasteiger partial charge < -0.3 is 21.1 Å². The predicted molar refractivity (Wildman–Crippen MR) is 120 cm³/mol. The first-order valence-corrected chi connectivity index (χ1v) is 10.9. The van der Waals surface area contributed by atoms with Gasteiger partial charge in [-0.25, -0.2) is 4.98 Å². The number of methoxy groups -OCH3 is 1. The number of amides is 1. The normalized spacial score (nSPS) is 14.5. The number of ether oxygens (including phenoxy) is 1. The summed E-state index contributed by atoms with van der Waals surface area (Å²) in [5, 5.41) is 0.685. The molecule has 1 aliphatic carbocycles. The molecule has 1 saturated carbocycles. The average molecular weight is 431 g/mol. The van der Waals surface area contributed by atoms with Crippen molar-refractivity contribution in [3.05, 3.63) is 58.2 Å². The van der Waals surface area contributed by atoms with Gasteiger partial charge in [0.2, 0.25) is 5.91 Å². The molecule has 0 radical (unpaired) electrons. The number of rotatable bonds is 11. The number of hydrogen-bond acceptors (Lipinski definition) is 5. The summed E-state index contributed by atoms with van der Waals surface area (Å²) in [5.74, 6) is 0.179. The first-order valence-electron chi connectivity index (χ1n) is 10.5. The van der Waals surface area contributed by atoms with Gasteiger partial charge in [0.1, 0.15) is 5.82 Å². The van der Waals surface area contributed by atoms with Crippen LogP contribution in [-0.2, 0) is 28.9 Å². The largest absolute Gasteiger partial charge is 0.385 e. The van der Waals surface area contributed by atoms with Crippen LogP contribution in [0, 0.1) is 5.92 Å². The van der Waals surface area contributed by atoms with E-state index >= 15 is 0 Å². The van der Waals surface area contributed by atoms with Crippen LogP contribution >= 0.6 is 11.6 Å². The maximum absolute atomic E-state index is 13.4. The molecule has 7 heteroatoms. The third-order valence-corrected chi connectivity index (χ3v) is 5.93. The molecule has 2 aromatic rings. The summed E-state index contributed by atoms with van der Waals surface area (Å²) in [6, 6.07) is 10.1. The van der Waals surface area contributed by atoms with E-state index in [0.717, 1.165) is 43.4 Å². The fourth-order valence-electron chi connectivity index (χ4n) is 3.68. The summed E-state index contributed by atoms with van der Waals surface area (Å²) in [6.45, 7) is 1.49. The summed E-state index contributed by atoms with van der Waals surface area (Å²) in [4.78, 5) is 19.5. The smallest absolute Gasteiger partial charge is 0.227 e. The second-order valence-electron chi connectivity index (χ2n) is 7.90. The van der Waals surface area contributed by atoms with Gasteiger partial charge in [-0.3, -0.25) is 4.79 Å². The number of nitrogens with two attached hydrogens (primary N) is 2. The zero-order valence-corrected chi connectivity index (χ0v) is 18.3. The zero-order chi connectivity index (χ0) is 21.5. The number of benzene rings is 1. The first kappa shape index (κ1) is 22.5. The molecule has 0 spiro atoms. The molecular formula is C23H31ClN4O2. The van der Waals surface area contributed by atoms with Gasteiger partial charge in [0, 0.05) is 44.1 Å². The van der Waals surface area contributed by atoms with E-state index in [-0.39, 0.29) is 24.4 Å². The van der Waals surface area contributed by atoms with E-state index in [1.165, 1.54) is 5.56 Å². The third-order valence-electron chi connectivity index (χ3n) is 5.56. The van der Waals surface area contributed by atoms with Crippen LogP contribution in [0.2, 0.25) is 5.02 Å². The molecule has 30 heavy (non-hydrogen) atoms. The maximum Gasteiger partial charge on any atom is 0.227 e. The minimum absolute atomic E-state index is 0.0594. The fourth-order valence-corrected chi connectivity index (χ4v) is 3.85. The number of carbonyl (C=O) groups is 1.